The molecule has 0 amide bonds. The van der Waals surface area contributed by atoms with E-state index in [0.29, 0.717) is 0 Å². The third kappa shape index (κ3) is 4.96. The van der Waals surface area contributed by atoms with E-state index in [1.165, 1.54) is 0 Å². The van der Waals surface area contributed by atoms with Crippen molar-refractivity contribution in [2.45, 2.75) is 47.5 Å². The largest absolute Gasteiger partial charge is 0.344 e. The summed E-state index contributed by atoms with van der Waals surface area (Å²) in [5.74, 6) is 2.18. The lowest BCUT2D eigenvalue weighted by molar-refractivity contribution is -0.297. The van der Waals surface area contributed by atoms with Crippen LogP contribution in [0.2, 0.25) is 0 Å². The Balaban J connectivity index is 0.000000336. The van der Waals surface area contributed by atoms with E-state index in [2.05, 4.69) is 34.6 Å². The van der Waals surface area contributed by atoms with Crippen molar-refractivity contribution in [1.29, 1.82) is 0 Å². The van der Waals surface area contributed by atoms with E-state index in [9.17, 15) is 0 Å². The summed E-state index contributed by atoms with van der Waals surface area (Å²) in [4.78, 5) is 0. The van der Waals surface area contributed by atoms with Gasteiger partial charge in [0, 0.05) is 6.92 Å². The second-order valence-electron chi connectivity index (χ2n) is 5.27. The van der Waals surface area contributed by atoms with E-state index in [0.717, 1.165) is 36.5 Å². The molecule has 1 rings (SSSR count). The van der Waals surface area contributed by atoms with E-state index in [1.807, 2.05) is 0 Å². The molecule has 0 spiro atoms. The van der Waals surface area contributed by atoms with Crippen molar-refractivity contribution in [2.75, 3.05) is 0 Å². The molecule has 3 nitrogen and oxygen atoms in total. The van der Waals surface area contributed by atoms with Gasteiger partial charge in [-0.1, -0.05) is 34.6 Å². The van der Waals surface area contributed by atoms with Crippen LogP contribution in [0, 0.1) is 29.6 Å². The molecule has 0 aromatic heterocycles. The van der Waals surface area contributed by atoms with E-state index < -0.39 is 5.97 Å². The first kappa shape index (κ1) is 14.9. The summed E-state index contributed by atoms with van der Waals surface area (Å²) in [5.41, 5.74) is 0. The molecule has 0 bridgehead atoms. The maximum Gasteiger partial charge on any atom is 0.272 e. The Bertz CT molecular complexity index is 135. The summed E-state index contributed by atoms with van der Waals surface area (Å²) < 4.78 is 0. The molecule has 0 unspecified atom stereocenters. The molecule has 0 aromatic carbocycles. The Morgan fingerprint density at radius 3 is 0.733 bits per heavy atom. The summed E-state index contributed by atoms with van der Waals surface area (Å²) in [6.45, 7) is 12.8. The molecule has 0 saturated heterocycles. The smallest absolute Gasteiger partial charge is 0.272 e. The molecule has 1 aliphatic carbocycles. The van der Waals surface area contributed by atoms with Crippen LogP contribution in [0.5, 0.6) is 0 Å². The number of hydrogen-bond donors (Lipinski definition) is 3. The lowest BCUT2D eigenvalue weighted by atomic mass is 9.92. The zero-order valence-electron chi connectivity index (χ0n) is 10.7. The van der Waals surface area contributed by atoms with Gasteiger partial charge in [-0.05, 0) is 29.6 Å². The third-order valence-electron chi connectivity index (χ3n) is 4.15. The van der Waals surface area contributed by atoms with Gasteiger partial charge < -0.3 is 15.3 Å². The van der Waals surface area contributed by atoms with Gasteiger partial charge in [0.2, 0.25) is 0 Å². The van der Waals surface area contributed by atoms with Crippen LogP contribution < -0.4 is 0 Å². The standard InChI is InChI=1S/C10H20.C2H6O3/c1-6-7(2)9(4)10(5)8(6)3;1-2(3,4)5/h6-10H,1-5H3;3-5H,1H3. The molecule has 1 saturated carbocycles. The van der Waals surface area contributed by atoms with Gasteiger partial charge in [-0.15, -0.1) is 0 Å². The Morgan fingerprint density at radius 2 is 0.667 bits per heavy atom. The molecule has 0 heterocycles. The minimum atomic E-state index is -2.50. The van der Waals surface area contributed by atoms with Crippen LogP contribution in [0.3, 0.4) is 0 Å². The highest BCUT2D eigenvalue weighted by atomic mass is 16.7. The van der Waals surface area contributed by atoms with Crippen LogP contribution in [0.4, 0.5) is 0 Å². The van der Waals surface area contributed by atoms with Crippen molar-refractivity contribution in [3.8, 4) is 0 Å². The summed E-state index contributed by atoms with van der Waals surface area (Å²) in [6, 6.07) is 0. The number of aliphatic hydroxyl groups is 3. The minimum absolute atomic E-state index is 0.854. The summed E-state index contributed by atoms with van der Waals surface area (Å²) in [6.07, 6.45) is 0. The topological polar surface area (TPSA) is 60.7 Å². The molecule has 1 aliphatic rings. The van der Waals surface area contributed by atoms with Crippen molar-refractivity contribution in [2.24, 2.45) is 29.6 Å². The van der Waals surface area contributed by atoms with Crippen molar-refractivity contribution >= 4 is 0 Å². The fraction of sp³-hybridized carbons (Fsp3) is 1.00. The predicted molar refractivity (Wildman–Crippen MR) is 60.9 cm³/mol. The van der Waals surface area contributed by atoms with Crippen molar-refractivity contribution in [1.82, 2.24) is 0 Å². The fourth-order valence-electron chi connectivity index (χ4n) is 2.39. The van der Waals surface area contributed by atoms with Crippen LogP contribution >= 0.6 is 0 Å². The highest BCUT2D eigenvalue weighted by Crippen LogP contribution is 2.44. The molecule has 0 atom stereocenters. The van der Waals surface area contributed by atoms with E-state index in [4.69, 9.17) is 15.3 Å². The normalized spacial score (nSPS) is 41.0. The van der Waals surface area contributed by atoms with Crippen LogP contribution in [-0.2, 0) is 0 Å². The summed E-state index contributed by atoms with van der Waals surface area (Å²) in [5, 5.41) is 22.9. The second kappa shape index (κ2) is 5.28. The molecule has 3 heteroatoms. The molecule has 1 fully saturated rings. The maximum absolute atomic E-state index is 7.63. The van der Waals surface area contributed by atoms with Gasteiger partial charge in [-0.25, -0.2) is 0 Å². The zero-order chi connectivity index (χ0) is 12.4. The first-order valence-corrected chi connectivity index (χ1v) is 5.72. The molecule has 92 valence electrons. The molecule has 0 aliphatic heterocycles. The van der Waals surface area contributed by atoms with Gasteiger partial charge in [-0.3, -0.25) is 0 Å². The fourth-order valence-corrected chi connectivity index (χ4v) is 2.39. The lowest BCUT2D eigenvalue weighted by Crippen LogP contribution is -2.20. The zero-order valence-corrected chi connectivity index (χ0v) is 10.7. The molecule has 0 radical (unpaired) electrons. The van der Waals surface area contributed by atoms with Gasteiger partial charge in [-0.2, -0.15) is 0 Å². The quantitative estimate of drug-likeness (QED) is 0.543. The van der Waals surface area contributed by atoms with Gasteiger partial charge in [0.1, 0.15) is 0 Å². The molecule has 3 N–H and O–H groups in total. The highest BCUT2D eigenvalue weighted by Gasteiger charge is 2.38. The average molecular weight is 218 g/mol. The Labute approximate surface area is 93.1 Å². The summed E-state index contributed by atoms with van der Waals surface area (Å²) in [7, 11) is 0. The van der Waals surface area contributed by atoms with Crippen molar-refractivity contribution in [3.63, 3.8) is 0 Å². The number of rotatable bonds is 0. The van der Waals surface area contributed by atoms with E-state index in [1.54, 1.807) is 0 Å². The SMILES string of the molecule is CC(O)(O)O.CC1C(C)C(C)C(C)C1C. The average Bonchev–Trinajstić information content (AvgIpc) is 2.21. The van der Waals surface area contributed by atoms with E-state index in [-0.39, 0.29) is 0 Å². The molecule has 0 aromatic rings. The Kier molecular flexibility index (Phi) is 5.24. The van der Waals surface area contributed by atoms with Crippen molar-refractivity contribution in [3.05, 3.63) is 0 Å². The van der Waals surface area contributed by atoms with Gasteiger partial charge in [0.05, 0.1) is 0 Å². The molecular weight excluding hydrogens is 192 g/mol. The Hall–Kier alpha value is -0.120. The van der Waals surface area contributed by atoms with E-state index >= 15 is 0 Å². The summed E-state index contributed by atoms with van der Waals surface area (Å²) >= 11 is 0. The first-order valence-electron chi connectivity index (χ1n) is 5.72. The number of hydrogen-bond acceptors (Lipinski definition) is 3. The second-order valence-corrected chi connectivity index (χ2v) is 5.27. The van der Waals surface area contributed by atoms with Crippen LogP contribution in [0.1, 0.15) is 41.5 Å². The van der Waals surface area contributed by atoms with Crippen LogP contribution in [0.15, 0.2) is 0 Å². The van der Waals surface area contributed by atoms with Crippen LogP contribution in [0.25, 0.3) is 0 Å². The van der Waals surface area contributed by atoms with Crippen molar-refractivity contribution < 1.29 is 15.3 Å². The van der Waals surface area contributed by atoms with Gasteiger partial charge >= 0.3 is 0 Å². The van der Waals surface area contributed by atoms with Gasteiger partial charge in [0.25, 0.3) is 5.97 Å². The molecule has 15 heavy (non-hydrogen) atoms. The first-order chi connectivity index (χ1) is 6.55. The monoisotopic (exact) mass is 218 g/mol. The predicted octanol–water partition coefficient (Wildman–Crippen LogP) is 1.82. The van der Waals surface area contributed by atoms with Crippen LogP contribution in [-0.4, -0.2) is 21.3 Å². The van der Waals surface area contributed by atoms with Gasteiger partial charge in [0.15, 0.2) is 0 Å². The third-order valence-corrected chi connectivity index (χ3v) is 4.15. The minimum Gasteiger partial charge on any atom is -0.344 e. The molecular formula is C12H26O3. The lowest BCUT2D eigenvalue weighted by Gasteiger charge is -2.14. The Morgan fingerprint density at radius 1 is 0.600 bits per heavy atom. The maximum atomic E-state index is 7.63. The highest BCUT2D eigenvalue weighted by molar-refractivity contribution is 4.86.